The molecule has 24 heavy (non-hydrogen) atoms. The van der Waals surface area contributed by atoms with Crippen molar-refractivity contribution < 1.29 is 0 Å². The summed E-state index contributed by atoms with van der Waals surface area (Å²) in [5.74, 6) is 0. The van der Waals surface area contributed by atoms with Crippen LogP contribution in [0.1, 0.15) is 49.8 Å². The van der Waals surface area contributed by atoms with E-state index < -0.39 is 0 Å². The zero-order chi connectivity index (χ0) is 17.2. The van der Waals surface area contributed by atoms with E-state index in [1.54, 1.807) is 11.8 Å². The number of H-pyrrole nitrogens is 1. The predicted molar refractivity (Wildman–Crippen MR) is 107 cm³/mol. The first kappa shape index (κ1) is 17.2. The number of aromatic amines is 1. The van der Waals surface area contributed by atoms with Gasteiger partial charge in [0.15, 0.2) is 0 Å². The van der Waals surface area contributed by atoms with E-state index in [1.807, 2.05) is 13.8 Å². The second kappa shape index (κ2) is 7.06. The van der Waals surface area contributed by atoms with Gasteiger partial charge in [0.2, 0.25) is 0 Å². The Kier molecular flexibility index (Phi) is 5.05. The number of hydrogen-bond acceptors (Lipinski definition) is 1. The maximum atomic E-state index is 3.50. The van der Waals surface area contributed by atoms with Gasteiger partial charge in [-0.15, -0.1) is 11.8 Å². The molecule has 0 unspecified atom stereocenters. The maximum absolute atomic E-state index is 3.50. The van der Waals surface area contributed by atoms with Crippen LogP contribution in [0.2, 0.25) is 0 Å². The minimum atomic E-state index is 0.215. The van der Waals surface area contributed by atoms with Crippen molar-refractivity contribution in [2.75, 3.05) is 6.26 Å². The summed E-state index contributed by atoms with van der Waals surface area (Å²) in [6.45, 7) is 6.16. The number of benzene rings is 2. The SMILES string of the molecule is CC.CSc1ccc2c(C3(c4ccc(C)cc4)CCC3)c[nH]c2c1. The van der Waals surface area contributed by atoms with Gasteiger partial charge in [-0.05, 0) is 49.3 Å². The third kappa shape index (κ3) is 2.77. The van der Waals surface area contributed by atoms with Crippen LogP contribution in [0, 0.1) is 6.92 Å². The van der Waals surface area contributed by atoms with Crippen LogP contribution in [0.3, 0.4) is 0 Å². The van der Waals surface area contributed by atoms with E-state index >= 15 is 0 Å². The van der Waals surface area contributed by atoms with Crippen LogP contribution in [0.4, 0.5) is 0 Å². The van der Waals surface area contributed by atoms with E-state index in [0.29, 0.717) is 0 Å². The molecule has 0 saturated heterocycles. The lowest BCUT2D eigenvalue weighted by molar-refractivity contribution is 0.304. The van der Waals surface area contributed by atoms with Crippen molar-refractivity contribution in [2.24, 2.45) is 0 Å². The molecule has 0 amide bonds. The Balaban J connectivity index is 0.000000815. The van der Waals surface area contributed by atoms with Crippen molar-refractivity contribution in [3.05, 3.63) is 65.4 Å². The van der Waals surface area contributed by atoms with Crippen LogP contribution in [0.5, 0.6) is 0 Å². The van der Waals surface area contributed by atoms with Gasteiger partial charge in [-0.1, -0.05) is 56.2 Å². The Morgan fingerprint density at radius 1 is 1.00 bits per heavy atom. The van der Waals surface area contributed by atoms with Gasteiger partial charge in [0.05, 0.1) is 0 Å². The zero-order valence-electron chi connectivity index (χ0n) is 15.1. The van der Waals surface area contributed by atoms with Crippen LogP contribution < -0.4 is 0 Å². The van der Waals surface area contributed by atoms with Crippen molar-refractivity contribution >= 4 is 22.7 Å². The van der Waals surface area contributed by atoms with E-state index in [1.165, 1.54) is 51.8 Å². The van der Waals surface area contributed by atoms with Gasteiger partial charge >= 0.3 is 0 Å². The quantitative estimate of drug-likeness (QED) is 0.526. The van der Waals surface area contributed by atoms with Crippen molar-refractivity contribution in [1.82, 2.24) is 4.98 Å². The van der Waals surface area contributed by atoms with Gasteiger partial charge in [0.25, 0.3) is 0 Å². The summed E-state index contributed by atoms with van der Waals surface area (Å²) in [5, 5.41) is 1.39. The van der Waals surface area contributed by atoms with E-state index in [9.17, 15) is 0 Å². The molecule has 4 rings (SSSR count). The lowest BCUT2D eigenvalue weighted by Gasteiger charge is -2.42. The highest BCUT2D eigenvalue weighted by Crippen LogP contribution is 2.51. The molecule has 1 nitrogen and oxygen atoms in total. The molecule has 0 spiro atoms. The molecule has 1 saturated carbocycles. The largest absolute Gasteiger partial charge is 0.361 e. The molecule has 1 fully saturated rings. The van der Waals surface area contributed by atoms with E-state index in [-0.39, 0.29) is 5.41 Å². The Bertz CT molecular complexity index is 810. The minimum Gasteiger partial charge on any atom is -0.361 e. The molecule has 1 aromatic heterocycles. The van der Waals surface area contributed by atoms with Crippen LogP contribution in [-0.2, 0) is 5.41 Å². The molecule has 2 heteroatoms. The third-order valence-electron chi connectivity index (χ3n) is 5.22. The summed E-state index contributed by atoms with van der Waals surface area (Å²) in [6, 6.07) is 15.9. The number of hydrogen-bond donors (Lipinski definition) is 1. The number of thioether (sulfide) groups is 1. The topological polar surface area (TPSA) is 15.8 Å². The second-order valence-electron chi connectivity index (χ2n) is 6.42. The van der Waals surface area contributed by atoms with Crippen LogP contribution >= 0.6 is 11.8 Å². The molecule has 0 bridgehead atoms. The molecule has 3 aromatic rings. The molecule has 1 heterocycles. The van der Waals surface area contributed by atoms with Crippen molar-refractivity contribution in [3.8, 4) is 0 Å². The highest BCUT2D eigenvalue weighted by molar-refractivity contribution is 7.98. The average molecular weight is 338 g/mol. The third-order valence-corrected chi connectivity index (χ3v) is 5.94. The first-order chi connectivity index (χ1) is 11.7. The summed E-state index contributed by atoms with van der Waals surface area (Å²) in [7, 11) is 0. The number of nitrogens with one attached hydrogen (secondary N) is 1. The summed E-state index contributed by atoms with van der Waals surface area (Å²) in [6.07, 6.45) is 8.21. The number of aromatic nitrogens is 1. The molecule has 1 N–H and O–H groups in total. The van der Waals surface area contributed by atoms with Crippen LogP contribution in [0.25, 0.3) is 10.9 Å². The van der Waals surface area contributed by atoms with Gasteiger partial charge in [0.1, 0.15) is 0 Å². The van der Waals surface area contributed by atoms with Gasteiger partial charge in [-0.25, -0.2) is 0 Å². The highest BCUT2D eigenvalue weighted by Gasteiger charge is 2.41. The fourth-order valence-electron chi connectivity index (χ4n) is 3.74. The molecule has 0 radical (unpaired) electrons. The molecule has 1 aliphatic rings. The molecular formula is C22H27NS. The molecular weight excluding hydrogens is 310 g/mol. The van der Waals surface area contributed by atoms with Crippen LogP contribution in [0.15, 0.2) is 53.6 Å². The fourth-order valence-corrected chi connectivity index (χ4v) is 4.18. The Morgan fingerprint density at radius 2 is 1.71 bits per heavy atom. The van der Waals surface area contributed by atoms with E-state index in [0.717, 1.165) is 0 Å². The van der Waals surface area contributed by atoms with E-state index in [4.69, 9.17) is 0 Å². The predicted octanol–water partition coefficient (Wildman–Crippen LogP) is 6.69. The van der Waals surface area contributed by atoms with Crippen molar-refractivity contribution in [3.63, 3.8) is 0 Å². The maximum Gasteiger partial charge on any atom is 0.0468 e. The molecule has 0 atom stereocenters. The Morgan fingerprint density at radius 3 is 2.29 bits per heavy atom. The average Bonchev–Trinajstić information content (AvgIpc) is 3.01. The Hall–Kier alpha value is -1.67. The summed E-state index contributed by atoms with van der Waals surface area (Å²) in [5.41, 5.74) is 5.76. The number of rotatable bonds is 3. The summed E-state index contributed by atoms with van der Waals surface area (Å²) >= 11 is 1.80. The highest BCUT2D eigenvalue weighted by atomic mass is 32.2. The standard InChI is InChI=1S/C20H21NS.C2H6/c1-14-4-6-15(7-5-14)20(10-3-11-20)18-13-21-19-12-16(22-2)8-9-17(18)19;1-2/h4-9,12-13,21H,3,10-11H2,1-2H3;1-2H3. The number of aryl methyl sites for hydroxylation is 1. The lowest BCUT2D eigenvalue weighted by atomic mass is 9.60. The lowest BCUT2D eigenvalue weighted by Crippen LogP contribution is -2.35. The van der Waals surface area contributed by atoms with Crippen molar-refractivity contribution in [2.45, 2.75) is 50.3 Å². The summed E-state index contributed by atoms with van der Waals surface area (Å²) in [4.78, 5) is 4.82. The zero-order valence-corrected chi connectivity index (χ0v) is 16.0. The van der Waals surface area contributed by atoms with Crippen LogP contribution in [-0.4, -0.2) is 11.2 Å². The smallest absolute Gasteiger partial charge is 0.0468 e. The monoisotopic (exact) mass is 337 g/mol. The summed E-state index contributed by atoms with van der Waals surface area (Å²) < 4.78 is 0. The minimum absolute atomic E-state index is 0.215. The van der Waals surface area contributed by atoms with Gasteiger partial charge < -0.3 is 4.98 Å². The Labute approximate surface area is 149 Å². The second-order valence-corrected chi connectivity index (χ2v) is 7.30. The number of fused-ring (bicyclic) bond motifs is 1. The first-order valence-electron chi connectivity index (χ1n) is 8.96. The van der Waals surface area contributed by atoms with Gasteiger partial charge in [0, 0.05) is 27.4 Å². The van der Waals surface area contributed by atoms with E-state index in [2.05, 4.69) is 66.8 Å². The first-order valence-corrected chi connectivity index (χ1v) is 10.2. The van der Waals surface area contributed by atoms with Gasteiger partial charge in [-0.3, -0.25) is 0 Å². The molecule has 0 aliphatic heterocycles. The van der Waals surface area contributed by atoms with Gasteiger partial charge in [-0.2, -0.15) is 0 Å². The molecule has 2 aromatic carbocycles. The molecule has 126 valence electrons. The van der Waals surface area contributed by atoms with Crippen molar-refractivity contribution in [1.29, 1.82) is 0 Å². The normalized spacial score (nSPS) is 15.5. The molecule has 1 aliphatic carbocycles. The fraction of sp³-hybridized carbons (Fsp3) is 0.364.